The number of ether oxygens (including phenoxy) is 2. The number of piperidine rings is 1. The van der Waals surface area contributed by atoms with Gasteiger partial charge < -0.3 is 19.7 Å². The number of amides is 2. The number of likely N-dealkylation sites (tertiary alicyclic amines) is 1. The highest BCUT2D eigenvalue weighted by Crippen LogP contribution is 2.43. The quantitative estimate of drug-likeness (QED) is 0.763. The molecule has 1 aliphatic heterocycles. The molecule has 23 heavy (non-hydrogen) atoms. The first-order valence-corrected chi connectivity index (χ1v) is 8.60. The molecule has 2 aliphatic rings. The van der Waals surface area contributed by atoms with Crippen LogP contribution in [0, 0.1) is 11.3 Å². The normalized spacial score (nSPS) is 22.3. The summed E-state index contributed by atoms with van der Waals surface area (Å²) in [7, 11) is 3.29. The summed E-state index contributed by atoms with van der Waals surface area (Å²) in [6.07, 6.45) is 4.43. The number of nitrogens with one attached hydrogen (secondary N) is 1. The lowest BCUT2D eigenvalue weighted by Crippen LogP contribution is -2.53. The van der Waals surface area contributed by atoms with Crippen LogP contribution in [-0.4, -0.2) is 63.3 Å². The molecule has 6 nitrogen and oxygen atoms in total. The molecule has 0 aromatic rings. The summed E-state index contributed by atoms with van der Waals surface area (Å²) in [5.41, 5.74) is -0.295. The van der Waals surface area contributed by atoms with E-state index in [4.69, 9.17) is 9.47 Å². The van der Waals surface area contributed by atoms with Crippen molar-refractivity contribution in [2.75, 3.05) is 40.5 Å². The lowest BCUT2D eigenvalue weighted by molar-refractivity contribution is -0.154. The molecule has 2 amide bonds. The second kappa shape index (κ2) is 8.11. The van der Waals surface area contributed by atoms with E-state index in [1.54, 1.807) is 14.2 Å². The standard InChI is InChI=1S/C17H30N2O4/c1-13(11-22-2)18-15(20)14-5-9-19(10-6-14)16(21)17(12-23-3)7-4-8-17/h13-14H,4-12H2,1-3H3,(H,18,20). The molecule has 2 fully saturated rings. The van der Waals surface area contributed by atoms with Crippen molar-refractivity contribution < 1.29 is 19.1 Å². The van der Waals surface area contributed by atoms with Gasteiger partial charge in [0, 0.05) is 39.3 Å². The Morgan fingerprint density at radius 3 is 2.35 bits per heavy atom. The Labute approximate surface area is 138 Å². The first kappa shape index (κ1) is 18.2. The number of hydrogen-bond donors (Lipinski definition) is 1. The Kier molecular flexibility index (Phi) is 6.41. The van der Waals surface area contributed by atoms with Crippen LogP contribution in [0.4, 0.5) is 0 Å². The maximum atomic E-state index is 12.8. The van der Waals surface area contributed by atoms with Crippen molar-refractivity contribution in [3.8, 4) is 0 Å². The van der Waals surface area contributed by atoms with Crippen molar-refractivity contribution in [2.24, 2.45) is 11.3 Å². The van der Waals surface area contributed by atoms with Crippen LogP contribution >= 0.6 is 0 Å². The summed E-state index contributed by atoms with van der Waals surface area (Å²) in [4.78, 5) is 26.9. The van der Waals surface area contributed by atoms with Crippen molar-refractivity contribution in [1.82, 2.24) is 10.2 Å². The van der Waals surface area contributed by atoms with E-state index in [1.807, 2.05) is 11.8 Å². The van der Waals surface area contributed by atoms with E-state index in [0.29, 0.717) is 26.3 Å². The van der Waals surface area contributed by atoms with Gasteiger partial charge in [-0.2, -0.15) is 0 Å². The Balaban J connectivity index is 1.81. The van der Waals surface area contributed by atoms with Gasteiger partial charge >= 0.3 is 0 Å². The molecule has 0 aromatic heterocycles. The van der Waals surface area contributed by atoms with Crippen LogP contribution < -0.4 is 5.32 Å². The molecule has 1 atom stereocenters. The molecule has 1 N–H and O–H groups in total. The van der Waals surface area contributed by atoms with Gasteiger partial charge in [-0.3, -0.25) is 9.59 Å². The molecular formula is C17H30N2O4. The number of carbonyl (C=O) groups excluding carboxylic acids is 2. The monoisotopic (exact) mass is 326 g/mol. The van der Waals surface area contributed by atoms with Crippen LogP contribution in [0.15, 0.2) is 0 Å². The average molecular weight is 326 g/mol. The molecule has 6 heteroatoms. The Morgan fingerprint density at radius 1 is 1.22 bits per heavy atom. The van der Waals surface area contributed by atoms with Crippen LogP contribution in [0.5, 0.6) is 0 Å². The van der Waals surface area contributed by atoms with Gasteiger partial charge in [0.05, 0.1) is 18.6 Å². The third-order valence-electron chi connectivity index (χ3n) is 5.14. The summed E-state index contributed by atoms with van der Waals surface area (Å²) in [5.74, 6) is 0.298. The number of hydrogen-bond acceptors (Lipinski definition) is 4. The van der Waals surface area contributed by atoms with Gasteiger partial charge in [-0.05, 0) is 32.6 Å². The molecule has 2 rings (SSSR count). The van der Waals surface area contributed by atoms with Crippen molar-refractivity contribution in [3.63, 3.8) is 0 Å². The molecule has 1 saturated heterocycles. The number of rotatable bonds is 7. The van der Waals surface area contributed by atoms with Gasteiger partial charge in [-0.25, -0.2) is 0 Å². The van der Waals surface area contributed by atoms with Crippen LogP contribution in [0.1, 0.15) is 39.0 Å². The fourth-order valence-corrected chi connectivity index (χ4v) is 3.63. The average Bonchev–Trinajstić information content (AvgIpc) is 2.50. The summed E-state index contributed by atoms with van der Waals surface area (Å²) in [6, 6.07) is 0.0205. The number of carbonyl (C=O) groups is 2. The first-order valence-electron chi connectivity index (χ1n) is 8.60. The fraction of sp³-hybridized carbons (Fsp3) is 0.882. The second-order valence-corrected chi connectivity index (χ2v) is 7.00. The smallest absolute Gasteiger partial charge is 0.231 e. The van der Waals surface area contributed by atoms with E-state index in [9.17, 15) is 9.59 Å². The molecule has 1 heterocycles. The van der Waals surface area contributed by atoms with Crippen molar-refractivity contribution >= 4 is 11.8 Å². The van der Waals surface area contributed by atoms with E-state index in [-0.39, 0.29) is 29.2 Å². The fourth-order valence-electron chi connectivity index (χ4n) is 3.63. The van der Waals surface area contributed by atoms with E-state index in [1.165, 1.54) is 0 Å². The van der Waals surface area contributed by atoms with E-state index >= 15 is 0 Å². The highest BCUT2D eigenvalue weighted by atomic mass is 16.5. The summed E-state index contributed by atoms with van der Waals surface area (Å²) in [5, 5.41) is 2.98. The van der Waals surface area contributed by atoms with Gasteiger partial charge in [-0.15, -0.1) is 0 Å². The van der Waals surface area contributed by atoms with Crippen LogP contribution in [0.25, 0.3) is 0 Å². The maximum Gasteiger partial charge on any atom is 0.231 e. The lowest BCUT2D eigenvalue weighted by atomic mass is 9.68. The minimum atomic E-state index is -0.295. The Hall–Kier alpha value is -1.14. The summed E-state index contributed by atoms with van der Waals surface area (Å²) in [6.45, 7) is 4.30. The molecule has 0 radical (unpaired) electrons. The molecule has 0 bridgehead atoms. The third-order valence-corrected chi connectivity index (χ3v) is 5.14. The SMILES string of the molecule is COCC(C)NC(=O)C1CCN(C(=O)C2(COC)CCC2)CC1. The van der Waals surface area contributed by atoms with E-state index in [0.717, 1.165) is 32.1 Å². The zero-order valence-electron chi connectivity index (χ0n) is 14.6. The van der Waals surface area contributed by atoms with Gasteiger partial charge in [-0.1, -0.05) is 6.42 Å². The predicted octanol–water partition coefficient (Wildman–Crippen LogP) is 1.19. The molecule has 0 aromatic carbocycles. The van der Waals surface area contributed by atoms with E-state index < -0.39 is 0 Å². The Morgan fingerprint density at radius 2 is 1.87 bits per heavy atom. The van der Waals surface area contributed by atoms with Gasteiger partial charge in [0.2, 0.25) is 11.8 Å². The van der Waals surface area contributed by atoms with Crippen LogP contribution in [-0.2, 0) is 19.1 Å². The number of methoxy groups -OCH3 is 2. The summed E-state index contributed by atoms with van der Waals surface area (Å²) < 4.78 is 10.3. The van der Waals surface area contributed by atoms with Gasteiger partial charge in [0.25, 0.3) is 0 Å². The van der Waals surface area contributed by atoms with Gasteiger partial charge in [0.15, 0.2) is 0 Å². The van der Waals surface area contributed by atoms with Crippen molar-refractivity contribution in [2.45, 2.75) is 45.1 Å². The van der Waals surface area contributed by atoms with E-state index in [2.05, 4.69) is 5.32 Å². The predicted molar refractivity (Wildman–Crippen MR) is 86.9 cm³/mol. The van der Waals surface area contributed by atoms with Crippen molar-refractivity contribution in [1.29, 1.82) is 0 Å². The minimum absolute atomic E-state index is 0.00174. The lowest BCUT2D eigenvalue weighted by Gasteiger charge is -2.44. The molecule has 132 valence electrons. The highest BCUT2D eigenvalue weighted by molar-refractivity contribution is 5.84. The number of nitrogens with zero attached hydrogens (tertiary/aromatic N) is 1. The molecule has 1 saturated carbocycles. The van der Waals surface area contributed by atoms with Crippen LogP contribution in [0.3, 0.4) is 0 Å². The van der Waals surface area contributed by atoms with Gasteiger partial charge in [0.1, 0.15) is 0 Å². The molecule has 1 aliphatic carbocycles. The topological polar surface area (TPSA) is 67.9 Å². The van der Waals surface area contributed by atoms with Crippen molar-refractivity contribution in [3.05, 3.63) is 0 Å². The zero-order valence-corrected chi connectivity index (χ0v) is 14.6. The first-order chi connectivity index (χ1) is 11.0. The third kappa shape index (κ3) is 4.23. The molecular weight excluding hydrogens is 296 g/mol. The zero-order chi connectivity index (χ0) is 16.9. The molecule has 1 unspecified atom stereocenters. The molecule has 0 spiro atoms. The maximum absolute atomic E-state index is 12.8. The second-order valence-electron chi connectivity index (χ2n) is 7.00. The highest BCUT2D eigenvalue weighted by Gasteiger charge is 2.47. The largest absolute Gasteiger partial charge is 0.384 e. The summed E-state index contributed by atoms with van der Waals surface area (Å²) >= 11 is 0. The Bertz CT molecular complexity index is 415. The minimum Gasteiger partial charge on any atom is -0.384 e. The van der Waals surface area contributed by atoms with Crippen LogP contribution in [0.2, 0.25) is 0 Å².